The van der Waals surface area contributed by atoms with Crippen LogP contribution in [0.3, 0.4) is 0 Å². The molecule has 0 aromatic carbocycles. The number of thiol groups is 1. The van der Waals surface area contributed by atoms with Crippen LogP contribution in [-0.2, 0) is 52.7 Å². The topological polar surface area (TPSA) is 270 Å². The lowest BCUT2D eigenvalue weighted by molar-refractivity contribution is -0.160. The third-order valence-electron chi connectivity index (χ3n) is 16.6. The fraction of sp³-hybridized carbons (Fsp3) is 0.794. The molecule has 0 saturated carbocycles. The largest absolute Gasteiger partial charge is 0.390 e. The monoisotopic (exact) mass is 1250 g/mol. The number of hydrogen-bond donors (Lipinski definition) is 5. The minimum Gasteiger partial charge on any atom is -0.390 e. The maximum atomic E-state index is 15.3. The van der Waals surface area contributed by atoms with Crippen molar-refractivity contribution in [2.24, 2.45) is 41.4 Å². The number of likely N-dealkylation sites (N-methyl/N-ethyl adjacent to an activating group) is 8. The smallest absolute Gasteiger partial charge is 0.248 e. The van der Waals surface area contributed by atoms with Crippen molar-refractivity contribution in [3.05, 3.63) is 12.2 Å². The lowest BCUT2D eigenvalue weighted by Gasteiger charge is -2.42. The third-order valence-corrected chi connectivity index (χ3v) is 17.0. The van der Waals surface area contributed by atoms with E-state index in [2.05, 4.69) is 28.6 Å². The highest BCUT2D eigenvalue weighted by Crippen LogP contribution is 2.27. The van der Waals surface area contributed by atoms with Crippen molar-refractivity contribution in [3.63, 3.8) is 0 Å². The molecule has 0 aliphatic carbocycles. The van der Waals surface area contributed by atoms with Crippen molar-refractivity contribution >= 4 is 77.6 Å². The van der Waals surface area contributed by atoms with Gasteiger partial charge in [0.2, 0.25) is 65.0 Å². The van der Waals surface area contributed by atoms with Crippen molar-refractivity contribution in [2.75, 3.05) is 68.7 Å². The molecule has 23 nitrogen and oxygen atoms in total. The summed E-state index contributed by atoms with van der Waals surface area (Å²) in [4.78, 5) is 171. The Morgan fingerprint density at radius 1 is 0.483 bits per heavy atom. The minimum absolute atomic E-state index is 0.0439. The van der Waals surface area contributed by atoms with Crippen LogP contribution >= 0.6 is 12.6 Å². The predicted molar refractivity (Wildman–Crippen MR) is 341 cm³/mol. The second-order valence-corrected chi connectivity index (χ2v) is 26.9. The van der Waals surface area contributed by atoms with Gasteiger partial charge in [-0.2, -0.15) is 12.6 Å². The number of allylic oxidation sites excluding steroid dienone is 2. The highest BCUT2D eigenvalue weighted by atomic mass is 32.1. The van der Waals surface area contributed by atoms with Crippen LogP contribution in [0.15, 0.2) is 12.2 Å². The van der Waals surface area contributed by atoms with Crippen LogP contribution in [0.4, 0.5) is 0 Å². The molecule has 1 heterocycles. The van der Waals surface area contributed by atoms with Crippen molar-refractivity contribution in [2.45, 2.75) is 216 Å². The number of nitrogens with zero attached hydrogens (tertiary/aromatic N) is 8. The average Bonchev–Trinajstić information content (AvgIpc) is 1.23. The highest BCUT2D eigenvalue weighted by Gasteiger charge is 2.47. The van der Waals surface area contributed by atoms with Crippen LogP contribution in [0, 0.1) is 41.4 Å². The van der Waals surface area contributed by atoms with Crippen molar-refractivity contribution in [1.82, 2.24) is 55.1 Å². The molecule has 4 N–H and O–H groups in total. The standard InChI is InChI=1S/C63H113N11O12S/c1-25-27-28-41(15)53(76)52-63(86)69(19)44(26-2)58(81)67(17)33-49(75)68(18)45(29-35(3)4)56(79)66-50(39(11)12)61(84)70(20)46(30-36(5)6)55(78)64-42(16)54(77)65-43(34-87)57(80)71(21)47(31-37(7)8)59(82)72(22)48(32-38(9)10)60(83)73(23)51(40(13)14)62(85)74(52)24/h25,27,35-48,50-53,76,87H,26,28-34H2,1-24H3,(H,64,78)(H,65,77)(H,66,79)/b27-25+/t41-,42+,43-,44+,45+,46+,47+,48+,50+,51+,52+,53-/m1/s1. The van der Waals surface area contributed by atoms with Gasteiger partial charge in [0.1, 0.15) is 60.4 Å². The SMILES string of the molecule is C/C=C/C[C@@H](C)[C@@H](O)[C@H]1C(=O)N(C)[C@@H](CC)C(=O)N(C)CC(=O)N(C)[C@@H](CC(C)C)C(=O)N[C@@H](C(C)C)C(=O)N(C)[C@@H](CC(C)C)C(=O)N[C@@H](C)C(=O)N[C@H](CS)C(=O)N(C)[C@@H](CC(C)C)C(=O)N(C)[C@@H](CC(C)C)C(=O)N(C)[C@@H](C(C)C)C(=O)N1C. The first kappa shape index (κ1) is 79.2. The third kappa shape index (κ3) is 21.8. The number of hydrogen-bond acceptors (Lipinski definition) is 13. The van der Waals surface area contributed by atoms with Crippen LogP contribution < -0.4 is 16.0 Å². The lowest BCUT2D eigenvalue weighted by Crippen LogP contribution is -2.63. The second-order valence-electron chi connectivity index (χ2n) is 26.5. The molecule has 0 aromatic heterocycles. The summed E-state index contributed by atoms with van der Waals surface area (Å²) >= 11 is 4.43. The summed E-state index contributed by atoms with van der Waals surface area (Å²) in [6.45, 7) is 27.9. The molecule has 0 unspecified atom stereocenters. The molecule has 1 aliphatic rings. The zero-order valence-corrected chi connectivity index (χ0v) is 58.1. The summed E-state index contributed by atoms with van der Waals surface area (Å²) in [6.07, 6.45) is 3.03. The zero-order valence-electron chi connectivity index (χ0n) is 57.2. The van der Waals surface area contributed by atoms with E-state index in [1.165, 1.54) is 87.8 Å². The summed E-state index contributed by atoms with van der Waals surface area (Å²) in [5.41, 5.74) is 0. The second kappa shape index (κ2) is 36.0. The van der Waals surface area contributed by atoms with Gasteiger partial charge in [-0.25, -0.2) is 0 Å². The number of amides is 11. The molecule has 0 bridgehead atoms. The molecular weight excluding hydrogens is 1130 g/mol. The lowest BCUT2D eigenvalue weighted by atomic mass is 9.91. The Morgan fingerprint density at radius 3 is 1.32 bits per heavy atom. The first-order valence-corrected chi connectivity index (χ1v) is 31.7. The Balaban J connectivity index is 4.42. The maximum absolute atomic E-state index is 15.3. The Morgan fingerprint density at radius 2 is 0.885 bits per heavy atom. The number of rotatable bonds is 16. The van der Waals surface area contributed by atoms with Gasteiger partial charge in [0.25, 0.3) is 0 Å². The Hall–Kier alpha value is -5.78. The minimum atomic E-state index is -1.60. The molecule has 1 aliphatic heterocycles. The van der Waals surface area contributed by atoms with Crippen molar-refractivity contribution in [3.8, 4) is 0 Å². The van der Waals surface area contributed by atoms with Crippen LogP contribution in [0.2, 0.25) is 0 Å². The van der Waals surface area contributed by atoms with Crippen LogP contribution in [0.25, 0.3) is 0 Å². The van der Waals surface area contributed by atoms with Gasteiger partial charge in [-0.15, -0.1) is 0 Å². The van der Waals surface area contributed by atoms with Gasteiger partial charge in [-0.3, -0.25) is 52.7 Å². The van der Waals surface area contributed by atoms with Crippen molar-refractivity contribution < 1.29 is 57.8 Å². The molecule has 0 radical (unpaired) electrons. The molecule has 0 aromatic rings. The highest BCUT2D eigenvalue weighted by molar-refractivity contribution is 7.80. The van der Waals surface area contributed by atoms with Gasteiger partial charge < -0.3 is 60.3 Å². The fourth-order valence-electron chi connectivity index (χ4n) is 11.1. The summed E-state index contributed by atoms with van der Waals surface area (Å²) in [5.74, 6) is -9.98. The van der Waals surface area contributed by atoms with E-state index in [1.54, 1.807) is 54.5 Å². The van der Waals surface area contributed by atoms with E-state index >= 15 is 19.2 Å². The molecule has 1 fully saturated rings. The van der Waals surface area contributed by atoms with Gasteiger partial charge in [-0.05, 0) is 93.8 Å². The number of nitrogens with one attached hydrogen (secondary N) is 3. The normalized spacial score (nSPS) is 26.7. The molecule has 498 valence electrons. The summed E-state index contributed by atoms with van der Waals surface area (Å²) < 4.78 is 0. The number of carbonyl (C=O) groups is 11. The van der Waals surface area contributed by atoms with Gasteiger partial charge in [0, 0.05) is 62.1 Å². The summed E-state index contributed by atoms with van der Waals surface area (Å²) in [6, 6.07) is -12.5. The molecule has 11 amide bonds. The van der Waals surface area contributed by atoms with E-state index in [0.29, 0.717) is 6.42 Å². The molecule has 0 spiro atoms. The quantitative estimate of drug-likeness (QED) is 0.110. The van der Waals surface area contributed by atoms with E-state index in [0.717, 1.165) is 14.7 Å². The fourth-order valence-corrected chi connectivity index (χ4v) is 11.3. The van der Waals surface area contributed by atoms with E-state index in [9.17, 15) is 38.7 Å². The first-order valence-electron chi connectivity index (χ1n) is 31.1. The van der Waals surface area contributed by atoms with E-state index in [-0.39, 0.29) is 61.5 Å². The van der Waals surface area contributed by atoms with Gasteiger partial charge in [0.15, 0.2) is 0 Å². The summed E-state index contributed by atoms with van der Waals surface area (Å²) in [7, 11) is 11.3. The van der Waals surface area contributed by atoms with E-state index < -0.39 is 156 Å². The molecular formula is C63H113N11O12S. The van der Waals surface area contributed by atoms with E-state index in [1.807, 2.05) is 61.5 Å². The number of carbonyl (C=O) groups excluding carboxylic acids is 11. The molecule has 12 atom stereocenters. The van der Waals surface area contributed by atoms with Gasteiger partial charge >= 0.3 is 0 Å². The molecule has 1 rings (SSSR count). The Kier molecular flexibility index (Phi) is 32.8. The molecule has 87 heavy (non-hydrogen) atoms. The Bertz CT molecular complexity index is 2390. The zero-order chi connectivity index (χ0) is 67.6. The maximum Gasteiger partial charge on any atom is 0.248 e. The number of aliphatic hydroxyl groups is 1. The van der Waals surface area contributed by atoms with Gasteiger partial charge in [0.05, 0.1) is 12.6 Å². The number of aliphatic hydroxyl groups excluding tert-OH is 1. The van der Waals surface area contributed by atoms with Crippen LogP contribution in [0.1, 0.15) is 149 Å². The van der Waals surface area contributed by atoms with Gasteiger partial charge in [-0.1, -0.05) is 109 Å². The summed E-state index contributed by atoms with van der Waals surface area (Å²) in [5, 5.41) is 20.5. The van der Waals surface area contributed by atoms with Crippen molar-refractivity contribution in [1.29, 1.82) is 0 Å². The Labute approximate surface area is 526 Å². The van der Waals surface area contributed by atoms with E-state index in [4.69, 9.17) is 0 Å². The predicted octanol–water partition coefficient (Wildman–Crippen LogP) is 3.52. The average molecular weight is 1250 g/mol. The first-order chi connectivity index (χ1) is 40.2. The molecule has 1 saturated heterocycles. The van der Waals surface area contributed by atoms with Crippen LogP contribution in [-0.4, -0.2) is 244 Å². The molecule has 24 heteroatoms. The van der Waals surface area contributed by atoms with Crippen LogP contribution in [0.5, 0.6) is 0 Å².